The van der Waals surface area contributed by atoms with E-state index >= 15 is 0 Å². The number of hydrogen-bond acceptors (Lipinski definition) is 3. The van der Waals surface area contributed by atoms with Gasteiger partial charge in [0, 0.05) is 25.7 Å². The maximum Gasteiger partial charge on any atom is 0.127 e. The van der Waals surface area contributed by atoms with Gasteiger partial charge in [-0.1, -0.05) is 12.1 Å². The van der Waals surface area contributed by atoms with E-state index in [0.29, 0.717) is 5.92 Å². The second kappa shape index (κ2) is 7.78. The third-order valence-electron chi connectivity index (χ3n) is 5.97. The molecule has 1 aliphatic carbocycles. The van der Waals surface area contributed by atoms with Gasteiger partial charge in [0.25, 0.3) is 0 Å². The zero-order chi connectivity index (χ0) is 17.9. The molecule has 140 valence electrons. The van der Waals surface area contributed by atoms with Crippen LogP contribution in [0.1, 0.15) is 48.4 Å². The molecule has 5 heteroatoms. The van der Waals surface area contributed by atoms with Crippen molar-refractivity contribution in [2.75, 3.05) is 31.5 Å². The molecule has 0 bridgehead atoms. The van der Waals surface area contributed by atoms with E-state index in [9.17, 15) is 4.39 Å². The van der Waals surface area contributed by atoms with Crippen LogP contribution in [0, 0.1) is 5.82 Å². The summed E-state index contributed by atoms with van der Waals surface area (Å²) in [7, 11) is 2.05. The highest BCUT2D eigenvalue weighted by Crippen LogP contribution is 2.29. The summed E-state index contributed by atoms with van der Waals surface area (Å²) < 4.78 is 15.1. The Labute approximate surface area is 155 Å². The van der Waals surface area contributed by atoms with E-state index in [0.717, 1.165) is 51.9 Å². The Morgan fingerprint density at radius 1 is 1.12 bits per heavy atom. The highest BCUT2D eigenvalue weighted by Gasteiger charge is 2.21. The van der Waals surface area contributed by atoms with E-state index in [1.165, 1.54) is 35.5 Å². The van der Waals surface area contributed by atoms with Crippen LogP contribution >= 0.6 is 0 Å². The minimum absolute atomic E-state index is 0.144. The number of rotatable bonds is 5. The van der Waals surface area contributed by atoms with Crippen molar-refractivity contribution in [1.29, 1.82) is 0 Å². The summed E-state index contributed by atoms with van der Waals surface area (Å²) in [4.78, 5) is 2.54. The zero-order valence-corrected chi connectivity index (χ0v) is 15.7. The Morgan fingerprint density at radius 2 is 1.85 bits per heavy atom. The molecular formula is C21H29FN4. The van der Waals surface area contributed by atoms with Crippen LogP contribution in [0.3, 0.4) is 0 Å². The molecule has 4 nitrogen and oxygen atoms in total. The molecule has 2 heterocycles. The van der Waals surface area contributed by atoms with E-state index in [1.807, 2.05) is 16.8 Å². The average molecular weight is 356 g/mol. The molecule has 1 fully saturated rings. The fourth-order valence-corrected chi connectivity index (χ4v) is 4.46. The van der Waals surface area contributed by atoms with Crippen molar-refractivity contribution in [3.05, 3.63) is 46.9 Å². The lowest BCUT2D eigenvalue weighted by atomic mass is 9.89. The molecule has 0 spiro atoms. The van der Waals surface area contributed by atoms with Crippen molar-refractivity contribution in [3.63, 3.8) is 0 Å². The molecule has 0 unspecified atom stereocenters. The van der Waals surface area contributed by atoms with Gasteiger partial charge >= 0.3 is 0 Å². The normalized spacial score (nSPS) is 18.7. The van der Waals surface area contributed by atoms with Crippen LogP contribution < -0.4 is 5.32 Å². The summed E-state index contributed by atoms with van der Waals surface area (Å²) in [6.07, 6.45) is 7.16. The summed E-state index contributed by atoms with van der Waals surface area (Å²) >= 11 is 0. The summed E-state index contributed by atoms with van der Waals surface area (Å²) in [5.41, 5.74) is 4.01. The summed E-state index contributed by atoms with van der Waals surface area (Å²) in [5, 5.41) is 8.31. The third kappa shape index (κ3) is 3.78. The maximum atomic E-state index is 13.1. The van der Waals surface area contributed by atoms with E-state index in [2.05, 4.69) is 22.4 Å². The monoisotopic (exact) mass is 356 g/mol. The van der Waals surface area contributed by atoms with E-state index in [-0.39, 0.29) is 5.82 Å². The Kier molecular flexibility index (Phi) is 5.25. The molecule has 26 heavy (non-hydrogen) atoms. The van der Waals surface area contributed by atoms with Crippen LogP contribution in [0.25, 0.3) is 0 Å². The molecule has 1 saturated heterocycles. The first-order chi connectivity index (χ1) is 12.7. The van der Waals surface area contributed by atoms with Gasteiger partial charge in [0.1, 0.15) is 11.6 Å². The lowest BCUT2D eigenvalue weighted by Crippen LogP contribution is -2.36. The van der Waals surface area contributed by atoms with Gasteiger partial charge in [-0.15, -0.1) is 0 Å². The van der Waals surface area contributed by atoms with Crippen LogP contribution in [-0.4, -0.2) is 40.9 Å². The van der Waals surface area contributed by atoms with E-state index < -0.39 is 0 Å². The van der Waals surface area contributed by atoms with Gasteiger partial charge in [-0.05, 0) is 75.2 Å². The minimum atomic E-state index is -0.144. The predicted molar refractivity (Wildman–Crippen MR) is 103 cm³/mol. The Hall–Kier alpha value is -1.88. The number of benzene rings is 1. The van der Waals surface area contributed by atoms with Crippen molar-refractivity contribution in [2.24, 2.45) is 7.05 Å². The molecule has 0 atom stereocenters. The maximum absolute atomic E-state index is 13.1. The molecule has 0 saturated carbocycles. The van der Waals surface area contributed by atoms with Crippen molar-refractivity contribution < 1.29 is 4.39 Å². The molecule has 4 rings (SSSR count). The van der Waals surface area contributed by atoms with Gasteiger partial charge in [0.15, 0.2) is 0 Å². The number of aromatic nitrogens is 2. The summed E-state index contributed by atoms with van der Waals surface area (Å²) in [6.45, 7) is 4.27. The number of nitrogens with zero attached hydrogens (tertiary/aromatic N) is 3. The van der Waals surface area contributed by atoms with E-state index in [1.54, 1.807) is 12.1 Å². The first-order valence-corrected chi connectivity index (χ1v) is 9.97. The first-order valence-electron chi connectivity index (χ1n) is 9.97. The topological polar surface area (TPSA) is 33.1 Å². The van der Waals surface area contributed by atoms with Crippen molar-refractivity contribution >= 4 is 5.82 Å². The Balaban J connectivity index is 1.25. The summed E-state index contributed by atoms with van der Waals surface area (Å²) in [5.74, 6) is 1.65. The van der Waals surface area contributed by atoms with Crippen molar-refractivity contribution in [1.82, 2.24) is 14.7 Å². The fourth-order valence-electron chi connectivity index (χ4n) is 4.46. The standard InChI is InChI=1S/C21H29FN4/c1-25-21(19-4-2-3-5-20(19)24-25)23-12-15-26-13-10-17(11-14-26)16-6-8-18(22)9-7-16/h6-9,17,23H,2-5,10-15H2,1H3. The largest absolute Gasteiger partial charge is 0.369 e. The Morgan fingerprint density at radius 3 is 2.62 bits per heavy atom. The lowest BCUT2D eigenvalue weighted by Gasteiger charge is -2.32. The number of aryl methyl sites for hydroxylation is 2. The van der Waals surface area contributed by atoms with Gasteiger partial charge < -0.3 is 10.2 Å². The highest BCUT2D eigenvalue weighted by molar-refractivity contribution is 5.48. The van der Waals surface area contributed by atoms with Crippen LogP contribution in [-0.2, 0) is 19.9 Å². The van der Waals surface area contributed by atoms with E-state index in [4.69, 9.17) is 0 Å². The predicted octanol–water partition coefficient (Wildman–Crippen LogP) is 3.73. The summed E-state index contributed by atoms with van der Waals surface area (Å²) in [6, 6.07) is 7.06. The molecule has 2 aliphatic rings. The van der Waals surface area contributed by atoms with Gasteiger partial charge in [-0.3, -0.25) is 4.68 Å². The molecule has 1 aliphatic heterocycles. The first kappa shape index (κ1) is 17.5. The molecule has 2 aromatic rings. The number of likely N-dealkylation sites (tertiary alicyclic amines) is 1. The number of hydrogen-bond donors (Lipinski definition) is 1. The van der Waals surface area contributed by atoms with Crippen molar-refractivity contribution in [3.8, 4) is 0 Å². The van der Waals surface area contributed by atoms with Crippen LogP contribution in [0.5, 0.6) is 0 Å². The SMILES string of the molecule is Cn1nc2c(c1NCCN1CCC(c3ccc(F)cc3)CC1)CCCC2. The number of fused-ring (bicyclic) bond motifs is 1. The quantitative estimate of drug-likeness (QED) is 0.886. The smallest absolute Gasteiger partial charge is 0.127 e. The van der Waals surface area contributed by atoms with Crippen LogP contribution in [0.4, 0.5) is 10.2 Å². The molecule has 0 amide bonds. The van der Waals surface area contributed by atoms with Crippen molar-refractivity contribution in [2.45, 2.75) is 44.4 Å². The average Bonchev–Trinajstić information content (AvgIpc) is 2.99. The van der Waals surface area contributed by atoms with Gasteiger partial charge in [-0.25, -0.2) is 4.39 Å². The van der Waals surface area contributed by atoms with Crippen LogP contribution in [0.15, 0.2) is 24.3 Å². The Bertz CT molecular complexity index is 729. The van der Waals surface area contributed by atoms with Gasteiger partial charge in [0.2, 0.25) is 0 Å². The highest BCUT2D eigenvalue weighted by atomic mass is 19.1. The second-order valence-electron chi connectivity index (χ2n) is 7.70. The molecule has 1 aromatic heterocycles. The number of halogens is 1. The number of piperidine rings is 1. The van der Waals surface area contributed by atoms with Crippen LogP contribution in [0.2, 0.25) is 0 Å². The molecule has 1 aromatic carbocycles. The number of anilines is 1. The number of nitrogens with one attached hydrogen (secondary N) is 1. The molecule has 1 N–H and O–H groups in total. The minimum Gasteiger partial charge on any atom is -0.369 e. The fraction of sp³-hybridized carbons (Fsp3) is 0.571. The molecular weight excluding hydrogens is 327 g/mol. The second-order valence-corrected chi connectivity index (χ2v) is 7.70. The van der Waals surface area contributed by atoms with Gasteiger partial charge in [0.05, 0.1) is 5.69 Å². The third-order valence-corrected chi connectivity index (χ3v) is 5.97. The molecule has 0 radical (unpaired) electrons. The van der Waals surface area contributed by atoms with Gasteiger partial charge in [-0.2, -0.15) is 5.10 Å². The zero-order valence-electron chi connectivity index (χ0n) is 15.7. The lowest BCUT2D eigenvalue weighted by molar-refractivity contribution is 0.219.